The van der Waals surface area contributed by atoms with Crippen molar-refractivity contribution in [2.24, 2.45) is 5.73 Å². The lowest BCUT2D eigenvalue weighted by Gasteiger charge is -2.24. The summed E-state index contributed by atoms with van der Waals surface area (Å²) in [6.07, 6.45) is 1.75. The maximum absolute atomic E-state index is 9.11. The standard InChI is InChI=1S/C11H15NO/c1-3-9-6-4-5-7-10(9)11(2,12)8-13/h3-7,13H,1,8,12H2,2H3. The molecule has 0 saturated heterocycles. The Morgan fingerprint density at radius 1 is 1.54 bits per heavy atom. The molecule has 0 radical (unpaired) electrons. The maximum atomic E-state index is 9.11. The van der Waals surface area contributed by atoms with E-state index in [2.05, 4.69) is 6.58 Å². The molecule has 0 amide bonds. The SMILES string of the molecule is C=Cc1ccccc1C(C)(N)CO. The van der Waals surface area contributed by atoms with Gasteiger partial charge in [0.1, 0.15) is 0 Å². The van der Waals surface area contributed by atoms with Gasteiger partial charge in [-0.25, -0.2) is 0 Å². The number of aliphatic hydroxyl groups excluding tert-OH is 1. The minimum Gasteiger partial charge on any atom is -0.394 e. The third kappa shape index (κ3) is 1.97. The molecule has 1 aromatic carbocycles. The van der Waals surface area contributed by atoms with Crippen LogP contribution < -0.4 is 5.73 Å². The van der Waals surface area contributed by atoms with Gasteiger partial charge in [0.2, 0.25) is 0 Å². The van der Waals surface area contributed by atoms with Gasteiger partial charge in [0.05, 0.1) is 12.1 Å². The second-order valence-corrected chi connectivity index (χ2v) is 3.37. The Hall–Kier alpha value is -1.12. The van der Waals surface area contributed by atoms with E-state index in [1.54, 1.807) is 13.0 Å². The van der Waals surface area contributed by atoms with Gasteiger partial charge in [-0.15, -0.1) is 0 Å². The summed E-state index contributed by atoms with van der Waals surface area (Å²) < 4.78 is 0. The van der Waals surface area contributed by atoms with Crippen molar-refractivity contribution in [3.63, 3.8) is 0 Å². The Morgan fingerprint density at radius 3 is 2.69 bits per heavy atom. The predicted octanol–water partition coefficient (Wildman–Crippen LogP) is 1.50. The van der Waals surface area contributed by atoms with Gasteiger partial charge in [-0.3, -0.25) is 0 Å². The molecule has 1 aromatic rings. The lowest BCUT2D eigenvalue weighted by Crippen LogP contribution is -2.37. The Labute approximate surface area is 78.7 Å². The maximum Gasteiger partial charge on any atom is 0.0650 e. The summed E-state index contributed by atoms with van der Waals surface area (Å²) in [4.78, 5) is 0. The van der Waals surface area contributed by atoms with E-state index in [1.165, 1.54) is 0 Å². The van der Waals surface area contributed by atoms with Crippen LogP contribution in [0, 0.1) is 0 Å². The zero-order chi connectivity index (χ0) is 9.90. The number of aliphatic hydroxyl groups is 1. The molecular formula is C11H15NO. The van der Waals surface area contributed by atoms with Gasteiger partial charge in [-0.05, 0) is 18.1 Å². The highest BCUT2D eigenvalue weighted by molar-refractivity contribution is 5.53. The van der Waals surface area contributed by atoms with E-state index >= 15 is 0 Å². The van der Waals surface area contributed by atoms with Crippen molar-refractivity contribution in [3.05, 3.63) is 42.0 Å². The van der Waals surface area contributed by atoms with E-state index in [0.29, 0.717) is 0 Å². The summed E-state index contributed by atoms with van der Waals surface area (Å²) in [5.41, 5.74) is 7.12. The minimum atomic E-state index is -0.690. The average Bonchev–Trinajstić information content (AvgIpc) is 2.18. The molecule has 0 aromatic heterocycles. The van der Waals surface area contributed by atoms with Crippen LogP contribution >= 0.6 is 0 Å². The molecule has 1 rings (SSSR count). The lowest BCUT2D eigenvalue weighted by atomic mass is 9.90. The Balaban J connectivity index is 3.20. The van der Waals surface area contributed by atoms with E-state index in [-0.39, 0.29) is 6.61 Å². The number of nitrogens with two attached hydrogens (primary N) is 1. The van der Waals surface area contributed by atoms with Crippen LogP contribution in [0.2, 0.25) is 0 Å². The van der Waals surface area contributed by atoms with E-state index in [1.807, 2.05) is 24.3 Å². The molecule has 0 bridgehead atoms. The van der Waals surface area contributed by atoms with Gasteiger partial charge in [-0.1, -0.05) is 36.9 Å². The summed E-state index contributed by atoms with van der Waals surface area (Å²) in [6.45, 7) is 5.43. The zero-order valence-corrected chi connectivity index (χ0v) is 7.83. The topological polar surface area (TPSA) is 46.2 Å². The van der Waals surface area contributed by atoms with Crippen LogP contribution in [0.1, 0.15) is 18.1 Å². The van der Waals surface area contributed by atoms with Gasteiger partial charge >= 0.3 is 0 Å². The number of rotatable bonds is 3. The van der Waals surface area contributed by atoms with Crippen molar-refractivity contribution in [3.8, 4) is 0 Å². The van der Waals surface area contributed by atoms with Crippen LogP contribution in [-0.4, -0.2) is 11.7 Å². The first kappa shape index (κ1) is 9.96. The number of hydrogen-bond donors (Lipinski definition) is 2. The molecule has 2 heteroatoms. The third-order valence-corrected chi connectivity index (χ3v) is 2.12. The van der Waals surface area contributed by atoms with E-state index in [0.717, 1.165) is 11.1 Å². The van der Waals surface area contributed by atoms with Crippen LogP contribution in [0.15, 0.2) is 30.8 Å². The number of hydrogen-bond acceptors (Lipinski definition) is 2. The molecule has 0 spiro atoms. The fraction of sp³-hybridized carbons (Fsp3) is 0.273. The molecule has 70 valence electrons. The highest BCUT2D eigenvalue weighted by Crippen LogP contribution is 2.21. The number of benzene rings is 1. The van der Waals surface area contributed by atoms with Crippen LogP contribution in [0.3, 0.4) is 0 Å². The second kappa shape index (κ2) is 3.73. The summed E-state index contributed by atoms with van der Waals surface area (Å²) in [5.74, 6) is 0. The molecule has 0 aliphatic carbocycles. The second-order valence-electron chi connectivity index (χ2n) is 3.37. The third-order valence-electron chi connectivity index (χ3n) is 2.12. The largest absolute Gasteiger partial charge is 0.394 e. The quantitative estimate of drug-likeness (QED) is 0.735. The minimum absolute atomic E-state index is 0.0716. The van der Waals surface area contributed by atoms with Crippen molar-refractivity contribution in [1.29, 1.82) is 0 Å². The molecule has 13 heavy (non-hydrogen) atoms. The van der Waals surface area contributed by atoms with Gasteiger partial charge in [0, 0.05) is 0 Å². The molecule has 0 aliphatic rings. The van der Waals surface area contributed by atoms with Crippen molar-refractivity contribution < 1.29 is 5.11 Å². The zero-order valence-electron chi connectivity index (χ0n) is 7.83. The van der Waals surface area contributed by atoms with Crippen LogP contribution in [0.4, 0.5) is 0 Å². The summed E-state index contributed by atoms with van der Waals surface area (Å²) in [7, 11) is 0. The Morgan fingerprint density at radius 2 is 2.15 bits per heavy atom. The molecule has 1 unspecified atom stereocenters. The predicted molar refractivity (Wildman–Crippen MR) is 55.2 cm³/mol. The summed E-state index contributed by atoms with van der Waals surface area (Å²) in [5, 5.41) is 9.11. The first-order valence-electron chi connectivity index (χ1n) is 4.23. The molecular weight excluding hydrogens is 162 g/mol. The van der Waals surface area contributed by atoms with E-state index in [9.17, 15) is 0 Å². The van der Waals surface area contributed by atoms with Crippen molar-refractivity contribution >= 4 is 6.08 Å². The van der Waals surface area contributed by atoms with Crippen LogP contribution in [0.25, 0.3) is 6.08 Å². The molecule has 0 aliphatic heterocycles. The van der Waals surface area contributed by atoms with Crippen molar-refractivity contribution in [2.75, 3.05) is 6.61 Å². The van der Waals surface area contributed by atoms with E-state index in [4.69, 9.17) is 10.8 Å². The van der Waals surface area contributed by atoms with E-state index < -0.39 is 5.54 Å². The smallest absolute Gasteiger partial charge is 0.0650 e. The molecule has 1 atom stereocenters. The summed E-state index contributed by atoms with van der Waals surface area (Å²) >= 11 is 0. The van der Waals surface area contributed by atoms with Crippen LogP contribution in [-0.2, 0) is 5.54 Å². The fourth-order valence-electron chi connectivity index (χ4n) is 1.28. The van der Waals surface area contributed by atoms with Gasteiger partial charge < -0.3 is 10.8 Å². The highest BCUT2D eigenvalue weighted by Gasteiger charge is 2.21. The first-order chi connectivity index (χ1) is 6.11. The van der Waals surface area contributed by atoms with Crippen molar-refractivity contribution in [1.82, 2.24) is 0 Å². The normalized spacial score (nSPS) is 15.0. The Kier molecular flexibility index (Phi) is 2.86. The molecule has 2 nitrogen and oxygen atoms in total. The highest BCUT2D eigenvalue weighted by atomic mass is 16.3. The lowest BCUT2D eigenvalue weighted by molar-refractivity contribution is 0.210. The van der Waals surface area contributed by atoms with Gasteiger partial charge in [0.25, 0.3) is 0 Å². The van der Waals surface area contributed by atoms with Gasteiger partial charge in [0.15, 0.2) is 0 Å². The monoisotopic (exact) mass is 177 g/mol. The van der Waals surface area contributed by atoms with Gasteiger partial charge in [-0.2, -0.15) is 0 Å². The first-order valence-corrected chi connectivity index (χ1v) is 4.23. The molecule has 0 heterocycles. The summed E-state index contributed by atoms with van der Waals surface area (Å²) in [6, 6.07) is 7.67. The molecule has 0 saturated carbocycles. The van der Waals surface area contributed by atoms with Crippen molar-refractivity contribution in [2.45, 2.75) is 12.5 Å². The fourth-order valence-corrected chi connectivity index (χ4v) is 1.28. The molecule has 3 N–H and O–H groups in total. The average molecular weight is 177 g/mol. The Bertz CT molecular complexity index is 305. The molecule has 0 fully saturated rings. The van der Waals surface area contributed by atoms with Crippen LogP contribution in [0.5, 0.6) is 0 Å².